The quantitative estimate of drug-likeness (QED) is 0.740. The molecule has 0 saturated heterocycles. The predicted molar refractivity (Wildman–Crippen MR) is 80.7 cm³/mol. The Morgan fingerprint density at radius 2 is 2.10 bits per heavy atom. The first-order chi connectivity index (χ1) is 9.70. The predicted octanol–water partition coefficient (Wildman–Crippen LogP) is 2.89. The first-order valence-corrected chi connectivity index (χ1v) is 6.47. The number of allylic oxidation sites excluding steroid dienone is 1. The van der Waals surface area contributed by atoms with E-state index < -0.39 is 0 Å². The molecule has 0 spiro atoms. The molecule has 2 heterocycles. The summed E-state index contributed by atoms with van der Waals surface area (Å²) in [6.07, 6.45) is 3.73. The average molecular weight is 265 g/mol. The molecule has 0 aliphatic rings. The number of benzene rings is 1. The van der Waals surface area contributed by atoms with E-state index in [1.54, 1.807) is 6.08 Å². The van der Waals surface area contributed by atoms with Gasteiger partial charge in [0.2, 0.25) is 0 Å². The minimum absolute atomic E-state index is 0.103. The zero-order chi connectivity index (χ0) is 14.1. The minimum Gasteiger partial charge on any atom is -0.328 e. The summed E-state index contributed by atoms with van der Waals surface area (Å²) < 4.78 is 1.94. The first-order valence-electron chi connectivity index (χ1n) is 6.47. The molecule has 0 bridgehead atoms. The summed E-state index contributed by atoms with van der Waals surface area (Å²) in [4.78, 5) is 19.7. The van der Waals surface area contributed by atoms with Crippen molar-refractivity contribution < 1.29 is 0 Å². The third kappa shape index (κ3) is 1.95. The number of aromatic amines is 1. The number of rotatable bonds is 3. The molecule has 1 aromatic carbocycles. The fraction of sp³-hybridized carbons (Fsp3) is 0.125. The Balaban J connectivity index is 2.30. The minimum atomic E-state index is -0.103. The van der Waals surface area contributed by atoms with E-state index in [1.165, 1.54) is 0 Å². The number of nitrogens with one attached hydrogen (secondary N) is 1. The number of fused-ring (bicyclic) bond motifs is 1. The van der Waals surface area contributed by atoms with Crippen molar-refractivity contribution in [3.63, 3.8) is 0 Å². The van der Waals surface area contributed by atoms with Crippen LogP contribution >= 0.6 is 0 Å². The van der Waals surface area contributed by atoms with Gasteiger partial charge in [0.25, 0.3) is 5.56 Å². The summed E-state index contributed by atoms with van der Waals surface area (Å²) in [5.74, 6) is 0.589. The van der Waals surface area contributed by atoms with Gasteiger partial charge >= 0.3 is 0 Å². The molecule has 2 aromatic heterocycles. The van der Waals surface area contributed by atoms with Gasteiger partial charge < -0.3 is 9.55 Å². The maximum Gasteiger partial charge on any atom is 0.260 e. The van der Waals surface area contributed by atoms with Crippen LogP contribution in [0.15, 0.2) is 54.0 Å². The molecule has 20 heavy (non-hydrogen) atoms. The smallest absolute Gasteiger partial charge is 0.260 e. The van der Waals surface area contributed by atoms with Gasteiger partial charge in [0.1, 0.15) is 11.5 Å². The Morgan fingerprint density at radius 1 is 1.35 bits per heavy atom. The molecule has 0 unspecified atom stereocenters. The normalized spacial score (nSPS) is 10.8. The van der Waals surface area contributed by atoms with E-state index in [4.69, 9.17) is 0 Å². The molecule has 4 heteroatoms. The monoisotopic (exact) mass is 265 g/mol. The third-order valence-electron chi connectivity index (χ3n) is 3.29. The van der Waals surface area contributed by atoms with Gasteiger partial charge in [-0.1, -0.05) is 36.4 Å². The Kier molecular flexibility index (Phi) is 2.99. The van der Waals surface area contributed by atoms with E-state index in [0.717, 1.165) is 11.1 Å². The van der Waals surface area contributed by atoms with Crippen LogP contribution in [-0.2, 0) is 6.54 Å². The van der Waals surface area contributed by atoms with Crippen LogP contribution in [0.2, 0.25) is 0 Å². The Bertz CT molecular complexity index is 828. The largest absolute Gasteiger partial charge is 0.328 e. The SMILES string of the molecule is C=CCn1cc(C)c2c(=O)[nH]c(-c3ccccc3)nc21. The van der Waals surface area contributed by atoms with Crippen molar-refractivity contribution in [1.82, 2.24) is 14.5 Å². The highest BCUT2D eigenvalue weighted by molar-refractivity contribution is 5.81. The van der Waals surface area contributed by atoms with Crippen LogP contribution < -0.4 is 5.56 Å². The lowest BCUT2D eigenvalue weighted by Gasteiger charge is -2.03. The summed E-state index contributed by atoms with van der Waals surface area (Å²) >= 11 is 0. The zero-order valence-corrected chi connectivity index (χ0v) is 11.3. The molecular formula is C16H15N3O. The van der Waals surface area contributed by atoms with Crippen LogP contribution in [0.3, 0.4) is 0 Å². The van der Waals surface area contributed by atoms with Crippen molar-refractivity contribution in [2.45, 2.75) is 13.5 Å². The Morgan fingerprint density at radius 3 is 2.80 bits per heavy atom. The topological polar surface area (TPSA) is 50.7 Å². The van der Waals surface area contributed by atoms with Crippen LogP contribution in [0.1, 0.15) is 5.56 Å². The second-order valence-corrected chi connectivity index (χ2v) is 4.73. The van der Waals surface area contributed by atoms with Gasteiger partial charge in [-0.25, -0.2) is 4.98 Å². The van der Waals surface area contributed by atoms with E-state index in [-0.39, 0.29) is 5.56 Å². The van der Waals surface area contributed by atoms with Crippen molar-refractivity contribution in [2.75, 3.05) is 0 Å². The Hall–Kier alpha value is -2.62. The maximum absolute atomic E-state index is 12.3. The molecule has 0 fully saturated rings. The molecule has 4 nitrogen and oxygen atoms in total. The van der Waals surface area contributed by atoms with Gasteiger partial charge in [-0.05, 0) is 12.5 Å². The first kappa shape index (κ1) is 12.4. The number of hydrogen-bond acceptors (Lipinski definition) is 2. The van der Waals surface area contributed by atoms with Crippen LogP contribution in [0.4, 0.5) is 0 Å². The van der Waals surface area contributed by atoms with E-state index in [0.29, 0.717) is 23.4 Å². The number of nitrogens with zero attached hydrogens (tertiary/aromatic N) is 2. The maximum atomic E-state index is 12.3. The molecule has 3 aromatic rings. The molecule has 0 atom stereocenters. The molecule has 100 valence electrons. The lowest BCUT2D eigenvalue weighted by molar-refractivity contribution is 0.847. The molecule has 1 N–H and O–H groups in total. The summed E-state index contributed by atoms with van der Waals surface area (Å²) in [7, 11) is 0. The van der Waals surface area contributed by atoms with Gasteiger partial charge in [-0.3, -0.25) is 4.79 Å². The van der Waals surface area contributed by atoms with Crippen molar-refractivity contribution in [3.05, 3.63) is 65.1 Å². The molecule has 0 radical (unpaired) electrons. The molecular weight excluding hydrogens is 250 g/mol. The van der Waals surface area contributed by atoms with Crippen LogP contribution in [-0.4, -0.2) is 14.5 Å². The van der Waals surface area contributed by atoms with Crippen molar-refractivity contribution in [1.29, 1.82) is 0 Å². The highest BCUT2D eigenvalue weighted by Crippen LogP contribution is 2.19. The van der Waals surface area contributed by atoms with Gasteiger partial charge in [0.15, 0.2) is 0 Å². The fourth-order valence-corrected chi connectivity index (χ4v) is 2.40. The standard InChI is InChI=1S/C16H15N3O/c1-3-9-19-10-11(2)13-15(19)17-14(18-16(13)20)12-7-5-4-6-8-12/h3-8,10H,1,9H2,2H3,(H,17,18,20). The molecule has 0 aliphatic heterocycles. The molecule has 0 saturated carbocycles. The number of H-pyrrole nitrogens is 1. The number of hydrogen-bond donors (Lipinski definition) is 1. The summed E-state index contributed by atoms with van der Waals surface area (Å²) in [5, 5.41) is 0.645. The van der Waals surface area contributed by atoms with E-state index in [1.807, 2.05) is 48.0 Å². The Labute approximate surface area is 116 Å². The molecule has 0 amide bonds. The van der Waals surface area contributed by atoms with Gasteiger partial charge in [-0.15, -0.1) is 6.58 Å². The van der Waals surface area contributed by atoms with Gasteiger partial charge in [-0.2, -0.15) is 0 Å². The second-order valence-electron chi connectivity index (χ2n) is 4.73. The van der Waals surface area contributed by atoms with Crippen LogP contribution in [0, 0.1) is 6.92 Å². The summed E-state index contributed by atoms with van der Waals surface area (Å²) in [6, 6.07) is 9.64. The van der Waals surface area contributed by atoms with Crippen LogP contribution in [0.25, 0.3) is 22.4 Å². The average Bonchev–Trinajstić information content (AvgIpc) is 2.77. The lowest BCUT2D eigenvalue weighted by Crippen LogP contribution is -2.10. The van der Waals surface area contributed by atoms with E-state index in [2.05, 4.69) is 16.5 Å². The van der Waals surface area contributed by atoms with Gasteiger partial charge in [0, 0.05) is 18.3 Å². The van der Waals surface area contributed by atoms with Crippen molar-refractivity contribution in [2.24, 2.45) is 0 Å². The molecule has 3 rings (SSSR count). The van der Waals surface area contributed by atoms with E-state index in [9.17, 15) is 4.79 Å². The third-order valence-corrected chi connectivity index (χ3v) is 3.29. The van der Waals surface area contributed by atoms with Crippen molar-refractivity contribution in [3.8, 4) is 11.4 Å². The zero-order valence-electron chi connectivity index (χ0n) is 11.3. The second kappa shape index (κ2) is 4.81. The highest BCUT2D eigenvalue weighted by Gasteiger charge is 2.12. The van der Waals surface area contributed by atoms with Crippen LogP contribution in [0.5, 0.6) is 0 Å². The lowest BCUT2D eigenvalue weighted by atomic mass is 10.2. The molecule has 0 aliphatic carbocycles. The fourth-order valence-electron chi connectivity index (χ4n) is 2.40. The highest BCUT2D eigenvalue weighted by atomic mass is 16.1. The van der Waals surface area contributed by atoms with Crippen molar-refractivity contribution >= 4 is 11.0 Å². The number of aromatic nitrogens is 3. The number of aryl methyl sites for hydroxylation is 1. The summed E-state index contributed by atoms with van der Waals surface area (Å²) in [6.45, 7) is 6.29. The van der Waals surface area contributed by atoms with E-state index >= 15 is 0 Å². The summed E-state index contributed by atoms with van der Waals surface area (Å²) in [5.41, 5.74) is 2.42. The van der Waals surface area contributed by atoms with Gasteiger partial charge in [0.05, 0.1) is 5.39 Å².